The highest BCUT2D eigenvalue weighted by molar-refractivity contribution is 7.89. The van der Waals surface area contributed by atoms with Crippen molar-refractivity contribution >= 4 is 21.4 Å². The van der Waals surface area contributed by atoms with E-state index in [9.17, 15) is 12.8 Å². The number of methoxy groups -OCH3 is 1. The smallest absolute Gasteiger partial charge is 0.244 e. The fraction of sp³-hybridized carbons (Fsp3) is 0.143. The molecule has 0 aliphatic rings. The Morgan fingerprint density at radius 2 is 2.21 bits per heavy atom. The zero-order valence-corrected chi connectivity index (χ0v) is 14.1. The number of nitrogens with one attached hydrogen (secondary N) is 1. The third-order valence-electron chi connectivity index (χ3n) is 3.17. The molecule has 0 fully saturated rings. The Morgan fingerprint density at radius 1 is 1.38 bits per heavy atom. The molecular formula is C14H13FN4O3S2. The van der Waals surface area contributed by atoms with E-state index in [2.05, 4.69) is 15.0 Å². The maximum Gasteiger partial charge on any atom is 0.244 e. The Balaban J connectivity index is 1.77. The molecule has 0 radical (unpaired) electrons. The summed E-state index contributed by atoms with van der Waals surface area (Å²) < 4.78 is 47.0. The number of nitrogens with zero attached hydrogens (tertiary/aromatic N) is 3. The monoisotopic (exact) mass is 368 g/mol. The van der Waals surface area contributed by atoms with Crippen LogP contribution in [0.2, 0.25) is 0 Å². The van der Waals surface area contributed by atoms with E-state index < -0.39 is 15.8 Å². The molecule has 1 aromatic carbocycles. The average Bonchev–Trinajstić information content (AvgIpc) is 3.24. The molecule has 3 aromatic rings. The molecule has 0 aliphatic carbocycles. The minimum Gasteiger partial charge on any atom is -0.495 e. The third-order valence-corrected chi connectivity index (χ3v) is 5.26. The van der Waals surface area contributed by atoms with E-state index in [1.165, 1.54) is 24.5 Å². The van der Waals surface area contributed by atoms with E-state index in [1.54, 1.807) is 10.9 Å². The van der Waals surface area contributed by atoms with Gasteiger partial charge in [0.05, 0.1) is 31.2 Å². The molecule has 1 N–H and O–H groups in total. The molecule has 10 heteroatoms. The lowest BCUT2D eigenvalue weighted by molar-refractivity contribution is 0.400. The van der Waals surface area contributed by atoms with Gasteiger partial charge in [-0.2, -0.15) is 11.3 Å². The van der Waals surface area contributed by atoms with Crippen molar-refractivity contribution < 1.29 is 17.5 Å². The lowest BCUT2D eigenvalue weighted by Gasteiger charge is -2.09. The van der Waals surface area contributed by atoms with Crippen LogP contribution in [-0.2, 0) is 16.6 Å². The molecule has 0 atom stereocenters. The van der Waals surface area contributed by atoms with Gasteiger partial charge in [0.2, 0.25) is 10.0 Å². The van der Waals surface area contributed by atoms with Gasteiger partial charge >= 0.3 is 0 Å². The van der Waals surface area contributed by atoms with Gasteiger partial charge in [-0.15, -0.1) is 5.10 Å². The molecule has 0 bridgehead atoms. The van der Waals surface area contributed by atoms with E-state index >= 15 is 0 Å². The molecule has 0 saturated heterocycles. The fourth-order valence-corrected chi connectivity index (χ4v) is 3.80. The van der Waals surface area contributed by atoms with Gasteiger partial charge in [0.25, 0.3) is 0 Å². The highest BCUT2D eigenvalue weighted by Gasteiger charge is 2.20. The minimum absolute atomic E-state index is 0.0610. The van der Waals surface area contributed by atoms with Crippen LogP contribution in [0.5, 0.6) is 5.75 Å². The number of thiophene rings is 1. The van der Waals surface area contributed by atoms with Crippen molar-refractivity contribution in [3.05, 3.63) is 52.7 Å². The maximum atomic E-state index is 13.4. The molecule has 126 valence electrons. The summed E-state index contributed by atoms with van der Waals surface area (Å²) in [5, 5.41) is 11.6. The Kier molecular flexibility index (Phi) is 4.60. The first-order valence-electron chi connectivity index (χ1n) is 6.76. The zero-order valence-electron chi connectivity index (χ0n) is 12.5. The summed E-state index contributed by atoms with van der Waals surface area (Å²) in [6, 6.07) is 5.16. The van der Waals surface area contributed by atoms with Gasteiger partial charge in [-0.05, 0) is 29.6 Å². The molecule has 0 unspecified atom stereocenters. The van der Waals surface area contributed by atoms with E-state index in [1.807, 2.05) is 16.8 Å². The van der Waals surface area contributed by atoms with Crippen molar-refractivity contribution in [2.75, 3.05) is 7.11 Å². The van der Waals surface area contributed by atoms with Gasteiger partial charge in [0.15, 0.2) is 0 Å². The SMILES string of the molecule is COc1ccc(F)cc1S(=O)(=O)NCc1cn(-c2ccsc2)nn1. The molecule has 0 amide bonds. The van der Waals surface area contributed by atoms with Gasteiger partial charge in [-0.1, -0.05) is 5.21 Å². The summed E-state index contributed by atoms with van der Waals surface area (Å²) in [7, 11) is -2.64. The van der Waals surface area contributed by atoms with Crippen LogP contribution in [0.15, 0.2) is 46.1 Å². The molecule has 0 aliphatic heterocycles. The van der Waals surface area contributed by atoms with Crippen LogP contribution in [-0.4, -0.2) is 30.5 Å². The molecule has 3 rings (SSSR count). The number of ether oxygens (including phenoxy) is 1. The quantitative estimate of drug-likeness (QED) is 0.719. The number of halogens is 1. The van der Waals surface area contributed by atoms with E-state index in [-0.39, 0.29) is 17.2 Å². The first-order chi connectivity index (χ1) is 11.5. The predicted octanol–water partition coefficient (Wildman–Crippen LogP) is 1.95. The third kappa shape index (κ3) is 3.45. The van der Waals surface area contributed by atoms with Crippen LogP contribution < -0.4 is 9.46 Å². The zero-order chi connectivity index (χ0) is 17.2. The van der Waals surface area contributed by atoms with Gasteiger partial charge in [-0.3, -0.25) is 0 Å². The highest BCUT2D eigenvalue weighted by Crippen LogP contribution is 2.24. The van der Waals surface area contributed by atoms with Crippen LogP contribution in [0.25, 0.3) is 5.69 Å². The molecule has 24 heavy (non-hydrogen) atoms. The minimum atomic E-state index is -3.96. The number of rotatable bonds is 6. The summed E-state index contributed by atoms with van der Waals surface area (Å²) in [5.41, 5.74) is 1.27. The molecular weight excluding hydrogens is 355 g/mol. The molecule has 7 nitrogen and oxygen atoms in total. The lowest BCUT2D eigenvalue weighted by Crippen LogP contribution is -2.24. The number of sulfonamides is 1. The largest absolute Gasteiger partial charge is 0.495 e. The van der Waals surface area contributed by atoms with Gasteiger partial charge in [-0.25, -0.2) is 22.2 Å². The van der Waals surface area contributed by atoms with Crippen LogP contribution in [0.3, 0.4) is 0 Å². The number of hydrogen-bond acceptors (Lipinski definition) is 6. The Bertz CT molecular complexity index is 939. The second-order valence-corrected chi connectivity index (χ2v) is 7.27. The Morgan fingerprint density at radius 3 is 2.92 bits per heavy atom. The van der Waals surface area contributed by atoms with Crippen molar-refractivity contribution in [2.24, 2.45) is 0 Å². The standard InChI is InChI=1S/C14H13FN4O3S2/c1-22-13-3-2-10(15)6-14(13)24(20,21)16-7-11-8-19(18-17-11)12-4-5-23-9-12/h2-6,8-9,16H,7H2,1H3. The molecule has 0 saturated carbocycles. The second kappa shape index (κ2) is 6.67. The van der Waals surface area contributed by atoms with E-state index in [4.69, 9.17) is 4.74 Å². The van der Waals surface area contributed by atoms with E-state index in [0.717, 1.165) is 17.8 Å². The highest BCUT2D eigenvalue weighted by atomic mass is 32.2. The van der Waals surface area contributed by atoms with Crippen LogP contribution >= 0.6 is 11.3 Å². The summed E-state index contributed by atoms with van der Waals surface area (Å²) in [6.07, 6.45) is 1.62. The lowest BCUT2D eigenvalue weighted by atomic mass is 10.3. The van der Waals surface area contributed by atoms with E-state index in [0.29, 0.717) is 5.69 Å². The van der Waals surface area contributed by atoms with Crippen LogP contribution in [0.4, 0.5) is 4.39 Å². The summed E-state index contributed by atoms with van der Waals surface area (Å²) >= 11 is 1.51. The second-order valence-electron chi connectivity index (χ2n) is 4.76. The first kappa shape index (κ1) is 16.6. The van der Waals surface area contributed by atoms with Crippen molar-refractivity contribution in [1.82, 2.24) is 19.7 Å². The Hall–Kier alpha value is -2.30. The van der Waals surface area contributed by atoms with Gasteiger partial charge < -0.3 is 4.74 Å². The summed E-state index contributed by atoms with van der Waals surface area (Å²) in [6.45, 7) is -0.0772. The predicted molar refractivity (Wildman–Crippen MR) is 86.2 cm³/mol. The van der Waals surface area contributed by atoms with Gasteiger partial charge in [0, 0.05) is 5.38 Å². The first-order valence-corrected chi connectivity index (χ1v) is 9.19. The average molecular weight is 368 g/mol. The number of aromatic nitrogens is 3. The fourth-order valence-electron chi connectivity index (χ4n) is 2.00. The van der Waals surface area contributed by atoms with Crippen molar-refractivity contribution in [1.29, 1.82) is 0 Å². The topological polar surface area (TPSA) is 86.1 Å². The molecule has 2 aromatic heterocycles. The number of benzene rings is 1. The molecule has 2 heterocycles. The summed E-state index contributed by atoms with van der Waals surface area (Å²) in [4.78, 5) is -0.268. The maximum absolute atomic E-state index is 13.4. The van der Waals surface area contributed by atoms with Crippen LogP contribution in [0, 0.1) is 5.82 Å². The van der Waals surface area contributed by atoms with Crippen LogP contribution in [0.1, 0.15) is 5.69 Å². The number of hydrogen-bond donors (Lipinski definition) is 1. The Labute approximate surface area is 141 Å². The van der Waals surface area contributed by atoms with Crippen molar-refractivity contribution in [3.63, 3.8) is 0 Å². The molecule has 0 spiro atoms. The van der Waals surface area contributed by atoms with Gasteiger partial charge in [0.1, 0.15) is 16.5 Å². The van der Waals surface area contributed by atoms with Crippen molar-refractivity contribution in [2.45, 2.75) is 11.4 Å². The van der Waals surface area contributed by atoms with Crippen molar-refractivity contribution in [3.8, 4) is 11.4 Å². The normalized spacial score (nSPS) is 11.6. The summed E-state index contributed by atoms with van der Waals surface area (Å²) in [5.74, 6) is -0.606.